The van der Waals surface area contributed by atoms with Crippen molar-refractivity contribution < 1.29 is 9.53 Å². The van der Waals surface area contributed by atoms with E-state index in [9.17, 15) is 4.79 Å². The normalized spacial score (nSPS) is 20.0. The molecular formula is C15H20ClN3O2. The summed E-state index contributed by atoms with van der Waals surface area (Å²) in [5.41, 5.74) is 0. The zero-order chi connectivity index (χ0) is 14.7. The molecule has 2 fully saturated rings. The zero-order valence-electron chi connectivity index (χ0n) is 11.9. The maximum Gasteiger partial charge on any atom is 0.317 e. The summed E-state index contributed by atoms with van der Waals surface area (Å²) in [4.78, 5) is 17.9. The first-order chi connectivity index (χ1) is 10.2. The van der Waals surface area contributed by atoms with Gasteiger partial charge in [0, 0.05) is 18.3 Å². The zero-order valence-corrected chi connectivity index (χ0v) is 12.7. The number of amides is 2. The van der Waals surface area contributed by atoms with Gasteiger partial charge in [0.15, 0.2) is 0 Å². The van der Waals surface area contributed by atoms with Gasteiger partial charge in [-0.3, -0.25) is 0 Å². The van der Waals surface area contributed by atoms with Crippen LogP contribution in [0.25, 0.3) is 0 Å². The molecule has 1 N–H and O–H groups in total. The van der Waals surface area contributed by atoms with Crippen LogP contribution in [0.4, 0.5) is 4.79 Å². The Kier molecular flexibility index (Phi) is 4.48. The number of halogens is 1. The van der Waals surface area contributed by atoms with Gasteiger partial charge in [0.2, 0.25) is 5.88 Å². The number of nitrogens with zero attached hydrogens (tertiary/aromatic N) is 2. The number of likely N-dealkylation sites (tertiary alicyclic amines) is 1. The van der Waals surface area contributed by atoms with E-state index in [0.717, 1.165) is 12.8 Å². The standard InChI is InChI=1S/C15H20ClN3O2/c16-11-6-7-14(17-8-11)21-13-9-19(10-13)15(20)18-12-4-2-1-3-5-12/h6-8,12-13H,1-5,9-10H2,(H,18,20). The summed E-state index contributed by atoms with van der Waals surface area (Å²) in [6.07, 6.45) is 7.53. The van der Waals surface area contributed by atoms with E-state index in [2.05, 4.69) is 10.3 Å². The van der Waals surface area contributed by atoms with Gasteiger partial charge in [-0.15, -0.1) is 0 Å². The van der Waals surface area contributed by atoms with Gasteiger partial charge in [-0.05, 0) is 18.9 Å². The van der Waals surface area contributed by atoms with Gasteiger partial charge in [-0.2, -0.15) is 0 Å². The van der Waals surface area contributed by atoms with Crippen molar-refractivity contribution in [1.82, 2.24) is 15.2 Å². The van der Waals surface area contributed by atoms with Crippen LogP contribution < -0.4 is 10.1 Å². The number of carbonyl (C=O) groups excluding carboxylic acids is 1. The van der Waals surface area contributed by atoms with E-state index in [4.69, 9.17) is 16.3 Å². The summed E-state index contributed by atoms with van der Waals surface area (Å²) in [5.74, 6) is 0.553. The van der Waals surface area contributed by atoms with Gasteiger partial charge in [0.25, 0.3) is 0 Å². The van der Waals surface area contributed by atoms with Crippen molar-refractivity contribution in [2.45, 2.75) is 44.2 Å². The summed E-state index contributed by atoms with van der Waals surface area (Å²) in [6, 6.07) is 3.87. The van der Waals surface area contributed by atoms with E-state index >= 15 is 0 Å². The van der Waals surface area contributed by atoms with Crippen molar-refractivity contribution in [3.63, 3.8) is 0 Å². The molecule has 0 spiro atoms. The minimum Gasteiger partial charge on any atom is -0.471 e. The molecule has 2 aliphatic rings. The Balaban J connectivity index is 1.40. The molecule has 0 aromatic carbocycles. The number of hydrogen-bond acceptors (Lipinski definition) is 3. The molecule has 0 atom stereocenters. The molecule has 0 unspecified atom stereocenters. The van der Waals surface area contributed by atoms with Gasteiger partial charge < -0.3 is 15.0 Å². The minimum absolute atomic E-state index is 0.0239. The largest absolute Gasteiger partial charge is 0.471 e. The van der Waals surface area contributed by atoms with Crippen molar-refractivity contribution in [1.29, 1.82) is 0 Å². The predicted molar refractivity (Wildman–Crippen MR) is 80.6 cm³/mol. The monoisotopic (exact) mass is 309 g/mol. The molecular weight excluding hydrogens is 290 g/mol. The Morgan fingerprint density at radius 1 is 1.29 bits per heavy atom. The number of ether oxygens (including phenoxy) is 1. The molecule has 1 saturated carbocycles. The molecule has 6 heteroatoms. The molecule has 1 aliphatic carbocycles. The van der Waals surface area contributed by atoms with Crippen LogP contribution in [-0.4, -0.2) is 41.2 Å². The van der Waals surface area contributed by atoms with E-state index in [1.165, 1.54) is 19.3 Å². The molecule has 1 aromatic rings. The lowest BCUT2D eigenvalue weighted by atomic mass is 9.95. The second kappa shape index (κ2) is 6.52. The summed E-state index contributed by atoms with van der Waals surface area (Å²) >= 11 is 5.77. The maximum atomic E-state index is 12.1. The highest BCUT2D eigenvalue weighted by atomic mass is 35.5. The summed E-state index contributed by atoms with van der Waals surface area (Å²) < 4.78 is 5.68. The second-order valence-corrected chi connectivity index (χ2v) is 6.18. The van der Waals surface area contributed by atoms with E-state index in [1.54, 1.807) is 23.2 Å². The third-order valence-corrected chi connectivity index (χ3v) is 4.28. The third-order valence-electron chi connectivity index (χ3n) is 4.06. The smallest absolute Gasteiger partial charge is 0.317 e. The fourth-order valence-corrected chi connectivity index (χ4v) is 2.91. The molecule has 0 bridgehead atoms. The molecule has 3 rings (SSSR count). The third kappa shape index (κ3) is 3.79. The molecule has 21 heavy (non-hydrogen) atoms. The van der Waals surface area contributed by atoms with Gasteiger partial charge in [0.1, 0.15) is 6.10 Å². The highest BCUT2D eigenvalue weighted by Gasteiger charge is 2.33. The molecule has 114 valence electrons. The Hall–Kier alpha value is -1.49. The van der Waals surface area contributed by atoms with Crippen molar-refractivity contribution in [2.24, 2.45) is 0 Å². The lowest BCUT2D eigenvalue weighted by Gasteiger charge is -2.39. The van der Waals surface area contributed by atoms with Crippen LogP contribution in [-0.2, 0) is 0 Å². The molecule has 5 nitrogen and oxygen atoms in total. The van der Waals surface area contributed by atoms with Crippen molar-refractivity contribution >= 4 is 17.6 Å². The Bertz CT molecular complexity index is 482. The highest BCUT2D eigenvalue weighted by Crippen LogP contribution is 2.20. The molecule has 2 heterocycles. The second-order valence-electron chi connectivity index (χ2n) is 5.74. The van der Waals surface area contributed by atoms with Gasteiger partial charge in [-0.25, -0.2) is 9.78 Å². The van der Waals surface area contributed by atoms with Crippen molar-refractivity contribution in [3.05, 3.63) is 23.4 Å². The Labute approximate surface area is 129 Å². The number of carbonyl (C=O) groups is 1. The van der Waals surface area contributed by atoms with Crippen LogP contribution >= 0.6 is 11.6 Å². The van der Waals surface area contributed by atoms with Crippen molar-refractivity contribution in [2.75, 3.05) is 13.1 Å². The van der Waals surface area contributed by atoms with Crippen LogP contribution in [0, 0.1) is 0 Å². The van der Waals surface area contributed by atoms with Gasteiger partial charge in [0.05, 0.1) is 18.1 Å². The summed E-state index contributed by atoms with van der Waals surface area (Å²) in [6.45, 7) is 1.23. The Morgan fingerprint density at radius 2 is 2.05 bits per heavy atom. The van der Waals surface area contributed by atoms with Crippen molar-refractivity contribution in [3.8, 4) is 5.88 Å². The molecule has 1 aliphatic heterocycles. The summed E-state index contributed by atoms with van der Waals surface area (Å²) in [7, 11) is 0. The average Bonchev–Trinajstić information content (AvgIpc) is 2.45. The fraction of sp³-hybridized carbons (Fsp3) is 0.600. The SMILES string of the molecule is O=C(NC1CCCCC1)N1CC(Oc2ccc(Cl)cn2)C1. The number of nitrogens with one attached hydrogen (secondary N) is 1. The number of urea groups is 1. The predicted octanol–water partition coefficient (Wildman–Crippen LogP) is 2.84. The first kappa shape index (κ1) is 14.4. The first-order valence-electron chi connectivity index (χ1n) is 7.54. The first-order valence-corrected chi connectivity index (χ1v) is 7.92. The fourth-order valence-electron chi connectivity index (χ4n) is 2.79. The Morgan fingerprint density at radius 3 is 2.71 bits per heavy atom. The van der Waals surface area contributed by atoms with Crippen LogP contribution in [0.3, 0.4) is 0 Å². The lowest BCUT2D eigenvalue weighted by molar-refractivity contribution is 0.0400. The topological polar surface area (TPSA) is 54.5 Å². The number of aromatic nitrogens is 1. The van der Waals surface area contributed by atoms with Gasteiger partial charge in [-0.1, -0.05) is 30.9 Å². The number of rotatable bonds is 3. The summed E-state index contributed by atoms with van der Waals surface area (Å²) in [5, 5.41) is 3.70. The van der Waals surface area contributed by atoms with Crippen LogP contribution in [0.1, 0.15) is 32.1 Å². The molecule has 1 saturated heterocycles. The van der Waals surface area contributed by atoms with Crippen LogP contribution in [0.2, 0.25) is 5.02 Å². The van der Waals surface area contributed by atoms with E-state index in [-0.39, 0.29) is 12.1 Å². The molecule has 1 aromatic heterocycles. The average molecular weight is 310 g/mol. The molecule has 0 radical (unpaired) electrons. The maximum absolute atomic E-state index is 12.1. The van der Waals surface area contributed by atoms with Gasteiger partial charge >= 0.3 is 6.03 Å². The van der Waals surface area contributed by atoms with E-state index < -0.39 is 0 Å². The van der Waals surface area contributed by atoms with Crippen LogP contribution in [0.5, 0.6) is 5.88 Å². The van der Waals surface area contributed by atoms with E-state index in [1.807, 2.05) is 0 Å². The molecule has 2 amide bonds. The minimum atomic E-state index is 0.0239. The highest BCUT2D eigenvalue weighted by molar-refractivity contribution is 6.30. The van der Waals surface area contributed by atoms with E-state index in [0.29, 0.717) is 30.0 Å². The quantitative estimate of drug-likeness (QED) is 0.934. The van der Waals surface area contributed by atoms with Crippen LogP contribution in [0.15, 0.2) is 18.3 Å². The number of pyridine rings is 1. The number of hydrogen-bond donors (Lipinski definition) is 1. The lowest BCUT2D eigenvalue weighted by Crippen LogP contribution is -2.60.